The smallest absolute Gasteiger partial charge is 0.153 e. The van der Waals surface area contributed by atoms with Gasteiger partial charge in [0.25, 0.3) is 0 Å². The third kappa shape index (κ3) is 2.55. The van der Waals surface area contributed by atoms with E-state index in [1.165, 1.54) is 0 Å². The summed E-state index contributed by atoms with van der Waals surface area (Å²) in [6, 6.07) is -0.0284. The standard InChI is InChI=1S/C10H15BrN6/c1-3-4-12-7(10-13-5-6-14-10)8-9(11)15-16-17(8)2/h5-7,12H,3-4H2,1-2H3,(H,13,14). The van der Waals surface area contributed by atoms with Gasteiger partial charge in [0, 0.05) is 19.4 Å². The van der Waals surface area contributed by atoms with Crippen LogP contribution in [0, 0.1) is 0 Å². The fourth-order valence-corrected chi connectivity index (χ4v) is 2.25. The Bertz CT molecular complexity index is 444. The van der Waals surface area contributed by atoms with Gasteiger partial charge in [-0.25, -0.2) is 9.67 Å². The normalized spacial score (nSPS) is 12.9. The Hall–Kier alpha value is -1.21. The summed E-state index contributed by atoms with van der Waals surface area (Å²) in [4.78, 5) is 7.43. The van der Waals surface area contributed by atoms with Crippen molar-refractivity contribution in [1.29, 1.82) is 0 Å². The average molecular weight is 299 g/mol. The molecule has 0 aromatic carbocycles. The molecule has 6 nitrogen and oxygen atoms in total. The summed E-state index contributed by atoms with van der Waals surface area (Å²) in [5, 5.41) is 11.4. The number of hydrogen-bond acceptors (Lipinski definition) is 4. The highest BCUT2D eigenvalue weighted by Gasteiger charge is 2.23. The third-order valence-electron chi connectivity index (χ3n) is 2.49. The highest BCUT2D eigenvalue weighted by atomic mass is 79.9. The first-order valence-corrected chi connectivity index (χ1v) is 6.31. The second-order valence-electron chi connectivity index (χ2n) is 3.75. The number of aryl methyl sites for hydroxylation is 1. The largest absolute Gasteiger partial charge is 0.347 e. The molecule has 17 heavy (non-hydrogen) atoms. The van der Waals surface area contributed by atoms with E-state index < -0.39 is 0 Å². The van der Waals surface area contributed by atoms with Gasteiger partial charge in [-0.2, -0.15) is 0 Å². The molecule has 0 radical (unpaired) electrons. The van der Waals surface area contributed by atoms with Gasteiger partial charge in [-0.15, -0.1) is 5.10 Å². The van der Waals surface area contributed by atoms with Gasteiger partial charge >= 0.3 is 0 Å². The molecule has 0 spiro atoms. The molecule has 0 fully saturated rings. The highest BCUT2D eigenvalue weighted by molar-refractivity contribution is 9.10. The van der Waals surface area contributed by atoms with Crippen LogP contribution in [0.1, 0.15) is 30.9 Å². The molecular weight excluding hydrogens is 284 g/mol. The Labute approximate surface area is 108 Å². The molecule has 0 aliphatic heterocycles. The first-order valence-electron chi connectivity index (χ1n) is 5.51. The van der Waals surface area contributed by atoms with Crippen molar-refractivity contribution in [1.82, 2.24) is 30.3 Å². The number of rotatable bonds is 5. The summed E-state index contributed by atoms with van der Waals surface area (Å²) in [5.41, 5.74) is 0.966. The summed E-state index contributed by atoms with van der Waals surface area (Å²) in [7, 11) is 1.87. The van der Waals surface area contributed by atoms with Gasteiger partial charge in [0.15, 0.2) is 4.60 Å². The van der Waals surface area contributed by atoms with Crippen LogP contribution in [-0.2, 0) is 7.05 Å². The predicted molar refractivity (Wildman–Crippen MR) is 67.4 cm³/mol. The third-order valence-corrected chi connectivity index (χ3v) is 3.06. The van der Waals surface area contributed by atoms with E-state index in [1.54, 1.807) is 10.9 Å². The molecule has 0 aliphatic rings. The molecule has 2 heterocycles. The topological polar surface area (TPSA) is 71.4 Å². The summed E-state index contributed by atoms with van der Waals surface area (Å²) in [6.07, 6.45) is 4.61. The van der Waals surface area contributed by atoms with Crippen molar-refractivity contribution >= 4 is 15.9 Å². The summed E-state index contributed by atoms with van der Waals surface area (Å²) in [5.74, 6) is 0.865. The van der Waals surface area contributed by atoms with E-state index in [4.69, 9.17) is 0 Å². The molecule has 1 unspecified atom stereocenters. The minimum Gasteiger partial charge on any atom is -0.347 e. The lowest BCUT2D eigenvalue weighted by Crippen LogP contribution is -2.26. The van der Waals surface area contributed by atoms with Gasteiger partial charge in [-0.3, -0.25) is 0 Å². The fourth-order valence-electron chi connectivity index (χ4n) is 1.69. The predicted octanol–water partition coefficient (Wildman–Crippen LogP) is 1.39. The molecule has 7 heteroatoms. The molecule has 2 rings (SSSR count). The number of aromatic nitrogens is 5. The quantitative estimate of drug-likeness (QED) is 0.875. The van der Waals surface area contributed by atoms with Crippen molar-refractivity contribution in [3.63, 3.8) is 0 Å². The molecule has 2 aromatic rings. The minimum absolute atomic E-state index is 0.0284. The van der Waals surface area contributed by atoms with Crippen molar-refractivity contribution in [3.05, 3.63) is 28.5 Å². The molecule has 0 saturated heterocycles. The average Bonchev–Trinajstić information content (AvgIpc) is 2.93. The van der Waals surface area contributed by atoms with Gasteiger partial charge in [0.1, 0.15) is 11.9 Å². The van der Waals surface area contributed by atoms with Crippen LogP contribution < -0.4 is 5.32 Å². The molecule has 0 aliphatic carbocycles. The Morgan fingerprint density at radius 3 is 2.94 bits per heavy atom. The number of H-pyrrole nitrogens is 1. The number of aromatic amines is 1. The van der Waals surface area contributed by atoms with Crippen LogP contribution in [0.4, 0.5) is 0 Å². The molecule has 2 aromatic heterocycles. The maximum Gasteiger partial charge on any atom is 0.153 e. The first-order chi connectivity index (χ1) is 8.24. The summed E-state index contributed by atoms with van der Waals surface area (Å²) in [6.45, 7) is 3.03. The van der Waals surface area contributed by atoms with Crippen molar-refractivity contribution in [2.75, 3.05) is 6.54 Å². The Kier molecular flexibility index (Phi) is 3.90. The minimum atomic E-state index is -0.0284. The van der Waals surface area contributed by atoms with Crippen LogP contribution >= 0.6 is 15.9 Å². The van der Waals surface area contributed by atoms with Gasteiger partial charge in [0.2, 0.25) is 0 Å². The Balaban J connectivity index is 2.33. The van der Waals surface area contributed by atoms with Gasteiger partial charge in [0.05, 0.1) is 5.69 Å². The lowest BCUT2D eigenvalue weighted by Gasteiger charge is -2.16. The van der Waals surface area contributed by atoms with E-state index >= 15 is 0 Å². The van der Waals surface area contributed by atoms with Crippen molar-refractivity contribution in [2.24, 2.45) is 7.05 Å². The van der Waals surface area contributed by atoms with Gasteiger partial charge < -0.3 is 10.3 Å². The van der Waals surface area contributed by atoms with Crippen molar-refractivity contribution in [3.8, 4) is 0 Å². The molecule has 92 valence electrons. The van der Waals surface area contributed by atoms with Crippen LogP contribution in [0.25, 0.3) is 0 Å². The lowest BCUT2D eigenvalue weighted by atomic mass is 10.2. The van der Waals surface area contributed by atoms with E-state index in [0.29, 0.717) is 0 Å². The van der Waals surface area contributed by atoms with E-state index in [2.05, 4.69) is 48.5 Å². The van der Waals surface area contributed by atoms with Crippen molar-refractivity contribution in [2.45, 2.75) is 19.4 Å². The number of hydrogen-bond donors (Lipinski definition) is 2. The number of nitrogens with zero attached hydrogens (tertiary/aromatic N) is 4. The van der Waals surface area contributed by atoms with Gasteiger partial charge in [-0.1, -0.05) is 12.1 Å². The van der Waals surface area contributed by atoms with E-state index in [1.807, 2.05) is 13.2 Å². The number of imidazole rings is 1. The maximum atomic E-state index is 4.30. The molecule has 1 atom stereocenters. The van der Waals surface area contributed by atoms with Crippen LogP contribution in [0.3, 0.4) is 0 Å². The lowest BCUT2D eigenvalue weighted by molar-refractivity contribution is 0.532. The van der Waals surface area contributed by atoms with Crippen LogP contribution in [0.5, 0.6) is 0 Å². The molecule has 0 bridgehead atoms. The zero-order valence-electron chi connectivity index (χ0n) is 9.81. The zero-order chi connectivity index (χ0) is 12.3. The fraction of sp³-hybridized carbons (Fsp3) is 0.500. The first kappa shape index (κ1) is 12.3. The van der Waals surface area contributed by atoms with Crippen molar-refractivity contribution < 1.29 is 0 Å². The van der Waals surface area contributed by atoms with Crippen LogP contribution in [0.15, 0.2) is 17.0 Å². The SMILES string of the molecule is CCCNC(c1ncc[nH]1)c1c(Br)nnn1C. The van der Waals surface area contributed by atoms with Crippen LogP contribution in [-0.4, -0.2) is 31.5 Å². The number of halogens is 1. The Morgan fingerprint density at radius 2 is 2.41 bits per heavy atom. The molecule has 0 amide bonds. The molecule has 2 N–H and O–H groups in total. The second kappa shape index (κ2) is 5.42. The van der Waals surface area contributed by atoms with E-state index in [9.17, 15) is 0 Å². The zero-order valence-corrected chi connectivity index (χ0v) is 11.4. The molecule has 0 saturated carbocycles. The monoisotopic (exact) mass is 298 g/mol. The van der Waals surface area contributed by atoms with E-state index in [-0.39, 0.29) is 6.04 Å². The van der Waals surface area contributed by atoms with E-state index in [0.717, 1.165) is 29.1 Å². The number of nitrogens with one attached hydrogen (secondary N) is 2. The summed E-state index contributed by atoms with van der Waals surface area (Å²) >= 11 is 3.42. The van der Waals surface area contributed by atoms with Gasteiger partial charge in [-0.05, 0) is 28.9 Å². The highest BCUT2D eigenvalue weighted by Crippen LogP contribution is 2.24. The summed E-state index contributed by atoms with van der Waals surface area (Å²) < 4.78 is 2.49. The van der Waals surface area contributed by atoms with Crippen LogP contribution in [0.2, 0.25) is 0 Å². The Morgan fingerprint density at radius 1 is 1.59 bits per heavy atom. The maximum absolute atomic E-state index is 4.30. The second-order valence-corrected chi connectivity index (χ2v) is 4.50. The molecular formula is C10H15BrN6.